The molecule has 0 saturated carbocycles. The molecule has 0 bridgehead atoms. The third kappa shape index (κ3) is 1.98. The van der Waals surface area contributed by atoms with Crippen molar-refractivity contribution in [1.29, 1.82) is 0 Å². The van der Waals surface area contributed by atoms with E-state index < -0.39 is 0 Å². The fourth-order valence-electron chi connectivity index (χ4n) is 2.70. The van der Waals surface area contributed by atoms with Crippen LogP contribution < -0.4 is 4.90 Å². The molecule has 1 aromatic heterocycles. The molecule has 3 rings (SSSR count). The minimum absolute atomic E-state index is 0.0946. The minimum atomic E-state index is 0.0946. The lowest BCUT2D eigenvalue weighted by Crippen LogP contribution is -2.25. The second-order valence-electron chi connectivity index (χ2n) is 5.68. The first-order chi connectivity index (χ1) is 8.99. The Morgan fingerprint density at radius 2 is 2.11 bits per heavy atom. The smallest absolute Gasteiger partial charge is 0.155 e. The molecular formula is C15H16ClN3. The average molecular weight is 274 g/mol. The summed E-state index contributed by atoms with van der Waals surface area (Å²) in [6.45, 7) is 7.47. The molecule has 1 aromatic carbocycles. The Morgan fingerprint density at radius 1 is 1.32 bits per heavy atom. The molecule has 0 fully saturated rings. The van der Waals surface area contributed by atoms with Crippen molar-refractivity contribution in [2.24, 2.45) is 0 Å². The Labute approximate surface area is 118 Å². The molecule has 98 valence electrons. The fourth-order valence-corrected chi connectivity index (χ4v) is 2.90. The van der Waals surface area contributed by atoms with Crippen molar-refractivity contribution in [3.63, 3.8) is 0 Å². The monoisotopic (exact) mass is 273 g/mol. The summed E-state index contributed by atoms with van der Waals surface area (Å²) in [5.41, 5.74) is 3.88. The van der Waals surface area contributed by atoms with Gasteiger partial charge in [0.2, 0.25) is 0 Å². The molecule has 0 atom stereocenters. The summed E-state index contributed by atoms with van der Waals surface area (Å²) < 4.78 is 0. The number of rotatable bonds is 1. The Morgan fingerprint density at radius 3 is 2.84 bits per heavy atom. The van der Waals surface area contributed by atoms with Gasteiger partial charge in [-0.2, -0.15) is 0 Å². The van der Waals surface area contributed by atoms with Crippen molar-refractivity contribution in [2.75, 3.05) is 11.4 Å². The van der Waals surface area contributed by atoms with E-state index in [0.717, 1.165) is 12.4 Å². The highest BCUT2D eigenvalue weighted by molar-refractivity contribution is 6.33. The van der Waals surface area contributed by atoms with E-state index in [0.29, 0.717) is 5.02 Å². The Balaban J connectivity index is 2.17. The van der Waals surface area contributed by atoms with Crippen LogP contribution in [0.15, 0.2) is 30.7 Å². The van der Waals surface area contributed by atoms with Gasteiger partial charge >= 0.3 is 0 Å². The molecule has 0 unspecified atom stereocenters. The molecule has 1 aliphatic rings. The number of aromatic nitrogens is 2. The average Bonchev–Trinajstić information content (AvgIpc) is 2.61. The summed E-state index contributed by atoms with van der Waals surface area (Å²) in [6, 6.07) is 6.56. The van der Waals surface area contributed by atoms with Gasteiger partial charge < -0.3 is 4.90 Å². The summed E-state index contributed by atoms with van der Waals surface area (Å²) in [6.07, 6.45) is 3.19. The first-order valence-electron chi connectivity index (χ1n) is 6.33. The van der Waals surface area contributed by atoms with Gasteiger partial charge in [-0.15, -0.1) is 0 Å². The quantitative estimate of drug-likeness (QED) is 0.790. The van der Waals surface area contributed by atoms with Crippen molar-refractivity contribution >= 4 is 23.1 Å². The molecule has 0 aliphatic carbocycles. The van der Waals surface area contributed by atoms with Crippen LogP contribution in [0.3, 0.4) is 0 Å². The van der Waals surface area contributed by atoms with Crippen LogP contribution in [0, 0.1) is 6.92 Å². The molecule has 0 N–H and O–H groups in total. The summed E-state index contributed by atoms with van der Waals surface area (Å²) in [5.74, 6) is 0.786. The van der Waals surface area contributed by atoms with Crippen LogP contribution in [0.4, 0.5) is 11.5 Å². The van der Waals surface area contributed by atoms with Crippen molar-refractivity contribution in [2.45, 2.75) is 26.2 Å². The number of aryl methyl sites for hydroxylation is 1. The van der Waals surface area contributed by atoms with Crippen LogP contribution in [0.25, 0.3) is 0 Å². The molecule has 2 heterocycles. The molecule has 0 radical (unpaired) electrons. The maximum Gasteiger partial charge on any atom is 0.155 e. The number of benzene rings is 1. The molecule has 2 aromatic rings. The standard InChI is InChI=1S/C15H16ClN3/c1-10-4-5-11-13(6-10)19(8-15(11,2)3)14-12(16)7-17-9-18-14/h4-7,9H,8H2,1-3H3. The third-order valence-corrected chi connectivity index (χ3v) is 3.90. The minimum Gasteiger partial charge on any atom is -0.324 e. The SMILES string of the molecule is Cc1ccc2c(c1)N(c1ncncc1Cl)CC2(C)C. The lowest BCUT2D eigenvalue weighted by Gasteiger charge is -2.22. The highest BCUT2D eigenvalue weighted by atomic mass is 35.5. The van der Waals surface area contributed by atoms with E-state index in [2.05, 4.69) is 53.8 Å². The first-order valence-corrected chi connectivity index (χ1v) is 6.71. The number of fused-ring (bicyclic) bond motifs is 1. The van der Waals surface area contributed by atoms with Gasteiger partial charge in [0.25, 0.3) is 0 Å². The van der Waals surface area contributed by atoms with Crippen LogP contribution in [0.2, 0.25) is 5.02 Å². The fraction of sp³-hybridized carbons (Fsp3) is 0.333. The maximum atomic E-state index is 6.24. The van der Waals surface area contributed by atoms with Crippen LogP contribution in [-0.2, 0) is 5.41 Å². The molecule has 0 amide bonds. The molecule has 0 saturated heterocycles. The molecule has 1 aliphatic heterocycles. The largest absolute Gasteiger partial charge is 0.324 e. The van der Waals surface area contributed by atoms with E-state index in [1.54, 1.807) is 12.5 Å². The third-order valence-electron chi connectivity index (χ3n) is 3.63. The number of hydrogen-bond acceptors (Lipinski definition) is 3. The lowest BCUT2D eigenvalue weighted by atomic mass is 9.87. The van der Waals surface area contributed by atoms with Crippen LogP contribution >= 0.6 is 11.6 Å². The normalized spacial score (nSPS) is 16.5. The summed E-state index contributed by atoms with van der Waals surface area (Å²) in [5, 5.41) is 0.590. The van der Waals surface area contributed by atoms with Crippen LogP contribution in [0.5, 0.6) is 0 Å². The Kier molecular flexibility index (Phi) is 2.75. The van der Waals surface area contributed by atoms with Gasteiger partial charge in [-0.1, -0.05) is 37.6 Å². The highest BCUT2D eigenvalue weighted by Gasteiger charge is 2.36. The molecule has 4 heteroatoms. The topological polar surface area (TPSA) is 29.0 Å². The van der Waals surface area contributed by atoms with Crippen molar-refractivity contribution in [1.82, 2.24) is 9.97 Å². The zero-order valence-corrected chi connectivity index (χ0v) is 12.1. The first kappa shape index (κ1) is 12.4. The molecular weight excluding hydrogens is 258 g/mol. The lowest BCUT2D eigenvalue weighted by molar-refractivity contribution is 0.567. The number of halogens is 1. The molecule has 0 spiro atoms. The predicted octanol–water partition coefficient (Wildman–Crippen LogP) is 3.87. The van der Waals surface area contributed by atoms with E-state index in [1.165, 1.54) is 16.8 Å². The van der Waals surface area contributed by atoms with E-state index in [4.69, 9.17) is 11.6 Å². The molecule has 19 heavy (non-hydrogen) atoms. The highest BCUT2D eigenvalue weighted by Crippen LogP contribution is 2.45. The van der Waals surface area contributed by atoms with Crippen LogP contribution in [-0.4, -0.2) is 16.5 Å². The van der Waals surface area contributed by atoms with Crippen molar-refractivity contribution < 1.29 is 0 Å². The predicted molar refractivity (Wildman–Crippen MR) is 78.3 cm³/mol. The summed E-state index contributed by atoms with van der Waals surface area (Å²) >= 11 is 6.24. The van der Waals surface area contributed by atoms with Gasteiger partial charge in [0, 0.05) is 17.6 Å². The Hall–Kier alpha value is -1.61. The molecule has 3 nitrogen and oxygen atoms in total. The van der Waals surface area contributed by atoms with Gasteiger partial charge in [-0.25, -0.2) is 9.97 Å². The summed E-state index contributed by atoms with van der Waals surface area (Å²) in [7, 11) is 0. The summed E-state index contributed by atoms with van der Waals surface area (Å²) in [4.78, 5) is 10.5. The van der Waals surface area contributed by atoms with Gasteiger partial charge in [0.15, 0.2) is 5.82 Å². The van der Waals surface area contributed by atoms with Gasteiger partial charge in [0.05, 0.1) is 6.20 Å². The van der Waals surface area contributed by atoms with Gasteiger partial charge in [-0.05, 0) is 24.1 Å². The van der Waals surface area contributed by atoms with E-state index in [1.807, 2.05) is 0 Å². The number of nitrogens with zero attached hydrogens (tertiary/aromatic N) is 3. The zero-order valence-electron chi connectivity index (χ0n) is 11.3. The van der Waals surface area contributed by atoms with Crippen molar-refractivity contribution in [3.05, 3.63) is 46.9 Å². The van der Waals surface area contributed by atoms with E-state index in [-0.39, 0.29) is 5.41 Å². The van der Waals surface area contributed by atoms with Crippen molar-refractivity contribution in [3.8, 4) is 0 Å². The second kappa shape index (κ2) is 4.20. The maximum absolute atomic E-state index is 6.24. The van der Waals surface area contributed by atoms with Crippen LogP contribution in [0.1, 0.15) is 25.0 Å². The Bertz CT molecular complexity index is 637. The second-order valence-corrected chi connectivity index (χ2v) is 6.09. The number of anilines is 2. The van der Waals surface area contributed by atoms with Gasteiger partial charge in [0.1, 0.15) is 11.3 Å². The van der Waals surface area contributed by atoms with E-state index >= 15 is 0 Å². The van der Waals surface area contributed by atoms with Gasteiger partial charge in [-0.3, -0.25) is 0 Å². The van der Waals surface area contributed by atoms with E-state index in [9.17, 15) is 0 Å². The number of hydrogen-bond donors (Lipinski definition) is 0. The zero-order chi connectivity index (χ0) is 13.6.